The highest BCUT2D eigenvalue weighted by atomic mass is 19.4. The minimum Gasteiger partial charge on any atom is -0.378 e. The molecule has 0 bridgehead atoms. The molecule has 2 nitrogen and oxygen atoms in total. The van der Waals surface area contributed by atoms with Crippen LogP contribution in [0.3, 0.4) is 0 Å². The van der Waals surface area contributed by atoms with Crippen LogP contribution >= 0.6 is 0 Å². The highest BCUT2D eigenvalue weighted by molar-refractivity contribution is 4.82. The summed E-state index contributed by atoms with van der Waals surface area (Å²) in [5.41, 5.74) is 5.48. The van der Waals surface area contributed by atoms with Crippen molar-refractivity contribution in [2.45, 2.75) is 44.0 Å². The van der Waals surface area contributed by atoms with Gasteiger partial charge < -0.3 is 10.5 Å². The SMILES string of the molecule is NC1CC(OCCCC(F)(F)F)C1. The minimum atomic E-state index is -4.06. The fourth-order valence-electron chi connectivity index (χ4n) is 1.27. The maximum absolute atomic E-state index is 11.7. The summed E-state index contributed by atoms with van der Waals surface area (Å²) in [5, 5.41) is 0. The lowest BCUT2D eigenvalue weighted by Gasteiger charge is -2.32. The van der Waals surface area contributed by atoms with E-state index in [0.717, 1.165) is 12.8 Å². The van der Waals surface area contributed by atoms with Crippen molar-refractivity contribution < 1.29 is 17.9 Å². The molecule has 0 aromatic rings. The Kier molecular flexibility index (Phi) is 3.55. The summed E-state index contributed by atoms with van der Waals surface area (Å²) in [6.07, 6.45) is -3.10. The molecule has 2 N–H and O–H groups in total. The highest BCUT2D eigenvalue weighted by Crippen LogP contribution is 2.24. The monoisotopic (exact) mass is 197 g/mol. The Labute approximate surface area is 75.2 Å². The number of rotatable bonds is 4. The van der Waals surface area contributed by atoms with Gasteiger partial charge in [0.25, 0.3) is 0 Å². The third kappa shape index (κ3) is 4.47. The molecule has 0 amide bonds. The molecule has 0 heterocycles. The van der Waals surface area contributed by atoms with E-state index in [9.17, 15) is 13.2 Å². The first kappa shape index (κ1) is 10.8. The summed E-state index contributed by atoms with van der Waals surface area (Å²) in [7, 11) is 0. The van der Waals surface area contributed by atoms with Gasteiger partial charge in [-0.15, -0.1) is 0 Å². The van der Waals surface area contributed by atoms with E-state index in [1.807, 2.05) is 0 Å². The van der Waals surface area contributed by atoms with Gasteiger partial charge in [0.2, 0.25) is 0 Å². The maximum Gasteiger partial charge on any atom is 0.389 e. The quantitative estimate of drug-likeness (QED) is 0.698. The van der Waals surface area contributed by atoms with Gasteiger partial charge in [-0.05, 0) is 19.3 Å². The molecule has 0 aromatic heterocycles. The van der Waals surface area contributed by atoms with Crippen molar-refractivity contribution in [2.75, 3.05) is 6.61 Å². The van der Waals surface area contributed by atoms with Gasteiger partial charge in [0.05, 0.1) is 6.10 Å². The Hall–Kier alpha value is -0.290. The van der Waals surface area contributed by atoms with E-state index in [-0.39, 0.29) is 25.2 Å². The molecule has 0 radical (unpaired) electrons. The van der Waals surface area contributed by atoms with Gasteiger partial charge >= 0.3 is 6.18 Å². The predicted molar refractivity (Wildman–Crippen MR) is 42.2 cm³/mol. The molecule has 0 aromatic carbocycles. The molecule has 0 spiro atoms. The van der Waals surface area contributed by atoms with Crippen LogP contribution in [0.4, 0.5) is 13.2 Å². The van der Waals surface area contributed by atoms with Gasteiger partial charge in [-0.3, -0.25) is 0 Å². The fraction of sp³-hybridized carbons (Fsp3) is 1.00. The average Bonchev–Trinajstić information content (AvgIpc) is 1.91. The zero-order valence-electron chi connectivity index (χ0n) is 7.31. The van der Waals surface area contributed by atoms with Crippen LogP contribution in [0.5, 0.6) is 0 Å². The molecule has 1 aliphatic rings. The summed E-state index contributed by atoms with van der Waals surface area (Å²) in [6.45, 7) is 0.191. The minimum absolute atomic E-state index is 0.0508. The molecule has 1 fully saturated rings. The number of halogens is 3. The van der Waals surface area contributed by atoms with Gasteiger partial charge in [0, 0.05) is 19.1 Å². The number of ether oxygens (including phenoxy) is 1. The van der Waals surface area contributed by atoms with Crippen molar-refractivity contribution in [2.24, 2.45) is 5.73 Å². The molecule has 0 atom stereocenters. The molecule has 0 unspecified atom stereocenters. The number of hydrogen-bond donors (Lipinski definition) is 1. The average molecular weight is 197 g/mol. The molecule has 1 aliphatic carbocycles. The molecule has 78 valence electrons. The third-order valence-electron chi connectivity index (χ3n) is 2.09. The Morgan fingerprint density at radius 3 is 2.38 bits per heavy atom. The molecule has 13 heavy (non-hydrogen) atoms. The molecule has 1 rings (SSSR count). The molecular formula is C8H14F3NO. The second kappa shape index (κ2) is 4.28. The molecule has 0 saturated heterocycles. The van der Waals surface area contributed by atoms with Crippen LogP contribution in [0.15, 0.2) is 0 Å². The van der Waals surface area contributed by atoms with Crippen molar-refractivity contribution in [3.63, 3.8) is 0 Å². The number of nitrogens with two attached hydrogens (primary N) is 1. The standard InChI is InChI=1S/C8H14F3NO/c9-8(10,11)2-1-3-13-7-4-6(12)5-7/h6-7H,1-5,12H2. The molecule has 1 saturated carbocycles. The Bertz CT molecular complexity index is 154. The highest BCUT2D eigenvalue weighted by Gasteiger charge is 2.28. The van der Waals surface area contributed by atoms with Gasteiger partial charge in [-0.1, -0.05) is 0 Å². The normalized spacial score (nSPS) is 28.6. The van der Waals surface area contributed by atoms with Crippen LogP contribution in [0, 0.1) is 0 Å². The predicted octanol–water partition coefficient (Wildman–Crippen LogP) is 1.84. The summed E-state index contributed by atoms with van der Waals surface area (Å²) in [4.78, 5) is 0. The van der Waals surface area contributed by atoms with Crippen LogP contribution in [-0.4, -0.2) is 24.9 Å². The summed E-state index contributed by atoms with van der Waals surface area (Å²) in [6, 6.07) is 0.188. The van der Waals surface area contributed by atoms with Crippen molar-refractivity contribution in [3.8, 4) is 0 Å². The Morgan fingerprint density at radius 1 is 1.31 bits per heavy atom. The lowest BCUT2D eigenvalue weighted by atomic mass is 9.90. The lowest BCUT2D eigenvalue weighted by molar-refractivity contribution is -0.140. The fourth-order valence-corrected chi connectivity index (χ4v) is 1.27. The topological polar surface area (TPSA) is 35.2 Å². The second-order valence-electron chi connectivity index (χ2n) is 3.44. The largest absolute Gasteiger partial charge is 0.389 e. The van der Waals surface area contributed by atoms with Crippen LogP contribution in [-0.2, 0) is 4.74 Å². The van der Waals surface area contributed by atoms with Gasteiger partial charge in [-0.25, -0.2) is 0 Å². The first-order valence-electron chi connectivity index (χ1n) is 4.41. The zero-order chi connectivity index (χ0) is 9.90. The van der Waals surface area contributed by atoms with Crippen molar-refractivity contribution in [3.05, 3.63) is 0 Å². The van der Waals surface area contributed by atoms with E-state index in [1.165, 1.54) is 0 Å². The maximum atomic E-state index is 11.7. The third-order valence-corrected chi connectivity index (χ3v) is 2.09. The molecule has 5 heteroatoms. The van der Waals surface area contributed by atoms with Crippen LogP contribution < -0.4 is 5.73 Å². The lowest BCUT2D eigenvalue weighted by Crippen LogP contribution is -2.41. The van der Waals surface area contributed by atoms with Crippen molar-refractivity contribution in [1.82, 2.24) is 0 Å². The molecule has 0 aliphatic heterocycles. The smallest absolute Gasteiger partial charge is 0.378 e. The number of hydrogen-bond acceptors (Lipinski definition) is 2. The van der Waals surface area contributed by atoms with Crippen LogP contribution in [0.2, 0.25) is 0 Å². The Balaban J connectivity index is 1.90. The van der Waals surface area contributed by atoms with E-state index in [4.69, 9.17) is 10.5 Å². The van der Waals surface area contributed by atoms with Gasteiger partial charge in [0.1, 0.15) is 0 Å². The van der Waals surface area contributed by atoms with E-state index in [1.54, 1.807) is 0 Å². The van der Waals surface area contributed by atoms with Crippen molar-refractivity contribution >= 4 is 0 Å². The first-order valence-corrected chi connectivity index (χ1v) is 4.41. The van der Waals surface area contributed by atoms with E-state index < -0.39 is 12.6 Å². The summed E-state index contributed by atoms with van der Waals surface area (Å²) >= 11 is 0. The van der Waals surface area contributed by atoms with E-state index >= 15 is 0 Å². The zero-order valence-corrected chi connectivity index (χ0v) is 7.31. The van der Waals surface area contributed by atoms with E-state index in [2.05, 4.69) is 0 Å². The molecular weight excluding hydrogens is 183 g/mol. The van der Waals surface area contributed by atoms with Gasteiger partial charge in [0.15, 0.2) is 0 Å². The second-order valence-corrected chi connectivity index (χ2v) is 3.44. The van der Waals surface area contributed by atoms with Crippen LogP contribution in [0.1, 0.15) is 25.7 Å². The van der Waals surface area contributed by atoms with Gasteiger partial charge in [-0.2, -0.15) is 13.2 Å². The number of alkyl halides is 3. The van der Waals surface area contributed by atoms with Crippen LogP contribution in [0.25, 0.3) is 0 Å². The summed E-state index contributed by atoms with van der Waals surface area (Å²) in [5.74, 6) is 0. The van der Waals surface area contributed by atoms with Crippen molar-refractivity contribution in [1.29, 1.82) is 0 Å². The summed E-state index contributed by atoms with van der Waals surface area (Å²) < 4.78 is 40.2. The first-order chi connectivity index (χ1) is 5.97. The van der Waals surface area contributed by atoms with E-state index in [0.29, 0.717) is 0 Å². The Morgan fingerprint density at radius 2 is 1.92 bits per heavy atom.